The number of Topliss-reactive ketones (excluding diaryl/α,β-unsaturated/α-hetero) is 1. The minimum atomic E-state index is -1.61. The van der Waals surface area contributed by atoms with Crippen molar-refractivity contribution < 1.29 is 58.1 Å². The minimum absolute atomic E-state index is 0.0134. The molecule has 7 heterocycles. The molecule has 17 nitrogen and oxygen atoms in total. The van der Waals surface area contributed by atoms with Gasteiger partial charge in [-0.25, -0.2) is 9.67 Å². The molecule has 9 aliphatic rings. The Morgan fingerprint density at radius 3 is 2.51 bits per heavy atom. The highest BCUT2D eigenvalue weighted by Crippen LogP contribution is 2.73. The van der Waals surface area contributed by atoms with Gasteiger partial charge in [-0.3, -0.25) is 9.59 Å². The third-order valence-corrected chi connectivity index (χ3v) is 15.4. The Hall–Kier alpha value is -4.75. The Bertz CT molecular complexity index is 2580. The lowest BCUT2D eigenvalue weighted by Gasteiger charge is -2.64. The van der Waals surface area contributed by atoms with Crippen LogP contribution in [0.4, 0.5) is 5.95 Å². The van der Waals surface area contributed by atoms with Crippen molar-refractivity contribution >= 4 is 29.4 Å². The van der Waals surface area contributed by atoms with Crippen molar-refractivity contribution in [1.82, 2.24) is 20.1 Å². The molecule has 7 unspecified atom stereocenters. The number of nitrogens with one attached hydrogen (secondary N) is 1. The first-order valence-electron chi connectivity index (χ1n) is 24.0. The number of hydrogen-bond acceptors (Lipinski definition) is 15. The summed E-state index contributed by atoms with van der Waals surface area (Å²) in [6.07, 6.45) is 7.62. The van der Waals surface area contributed by atoms with Gasteiger partial charge in [-0.2, -0.15) is 10.1 Å². The molecule has 3 saturated carbocycles. The first-order valence-corrected chi connectivity index (χ1v) is 24.0. The number of nitrogens with zero attached hydrogens (tertiary/aromatic N) is 4. The maximum absolute atomic E-state index is 15.7. The number of aliphatic imine (C=N–C) groups is 1. The Labute approximate surface area is 396 Å². The molecule has 1 aromatic heterocycles. The van der Waals surface area contributed by atoms with Gasteiger partial charge in [0.2, 0.25) is 18.1 Å². The number of aromatic nitrogens is 3. The fourth-order valence-corrected chi connectivity index (χ4v) is 12.3. The summed E-state index contributed by atoms with van der Waals surface area (Å²) in [5, 5.41) is 40.5. The Balaban J connectivity index is 1.22. The summed E-state index contributed by atoms with van der Waals surface area (Å²) in [5.74, 6) is -1.75. The SMILES string of the molecule is CC(C)=CCCC1(C)C=Cc2c(c(CC=C(C)C)c3c(c2O[C@H]2O[C@H]4COC(C)(C)O[C@@H]4[C@@H](O)[C@@H]2O)C2=Nc4ncnn4C4C5CC6C(C)(C)OC(CC=C(C)C(=O)NCCO)(C5=O)C6(O3)C24)O1. The molecule has 6 aliphatic heterocycles. The van der Waals surface area contributed by atoms with E-state index in [2.05, 4.69) is 41.4 Å². The number of allylic oxidation sites excluding steroid dienone is 4. The van der Waals surface area contributed by atoms with E-state index in [4.69, 9.17) is 38.2 Å². The number of ether oxygens (including phenoxy) is 7. The fourth-order valence-electron chi connectivity index (χ4n) is 12.3. The van der Waals surface area contributed by atoms with Crippen LogP contribution >= 0.6 is 0 Å². The molecule has 0 radical (unpaired) electrons. The number of aliphatic hydroxyl groups excluding tert-OH is 3. The number of hydrogen-bond donors (Lipinski definition) is 4. The molecule has 3 saturated heterocycles. The Morgan fingerprint density at radius 1 is 1.01 bits per heavy atom. The van der Waals surface area contributed by atoms with E-state index in [9.17, 15) is 20.1 Å². The number of fused-ring (bicyclic) bond motifs is 5. The van der Waals surface area contributed by atoms with Gasteiger partial charge in [0.15, 0.2) is 22.8 Å². The quantitative estimate of drug-likeness (QED) is 0.157. The fraction of sp³-hybridized carbons (Fsp3) is 0.627. The first-order chi connectivity index (χ1) is 32.2. The van der Waals surface area contributed by atoms with Crippen LogP contribution in [0, 0.1) is 17.8 Å². The average Bonchev–Trinajstić information content (AvgIpc) is 3.81. The van der Waals surface area contributed by atoms with Crippen LogP contribution in [0.2, 0.25) is 0 Å². The van der Waals surface area contributed by atoms with Crippen molar-refractivity contribution in [2.45, 2.75) is 166 Å². The number of aliphatic hydroxyl groups is 3. The molecule has 1 amide bonds. The molecule has 2 aromatic rings. The van der Waals surface area contributed by atoms with Gasteiger partial charge in [0, 0.05) is 35.9 Å². The normalized spacial score (nSPS) is 36.1. The molecule has 68 heavy (non-hydrogen) atoms. The first kappa shape index (κ1) is 47.0. The predicted molar refractivity (Wildman–Crippen MR) is 248 cm³/mol. The van der Waals surface area contributed by atoms with Crippen LogP contribution in [0.1, 0.15) is 118 Å². The number of ketones is 1. The van der Waals surface area contributed by atoms with Gasteiger partial charge in [-0.1, -0.05) is 29.4 Å². The van der Waals surface area contributed by atoms with Crippen molar-refractivity contribution in [3.05, 3.63) is 64.0 Å². The second-order valence-corrected chi connectivity index (χ2v) is 21.5. The summed E-state index contributed by atoms with van der Waals surface area (Å²) in [4.78, 5) is 39.0. The number of carbonyl (C=O) groups excluding carboxylic acids is 2. The van der Waals surface area contributed by atoms with Crippen LogP contribution in [0.25, 0.3) is 6.08 Å². The Kier molecular flexibility index (Phi) is 11.3. The summed E-state index contributed by atoms with van der Waals surface area (Å²) in [5.41, 5.74) is 0.189. The summed E-state index contributed by atoms with van der Waals surface area (Å²) in [7, 11) is 0. The standard InChI is InChI=1S/C51H65N5O12/c1-25(2)12-11-17-49(10)18-16-29-39(66-49)28(14-13-26(3)4)41-33(40(29)64-45-38(59)37(58)42-31(63-45)23-62-48(8,9)65-42)35-34-36(56-46(55-35)53-24-54-56)30-22-32-47(6,7)68-50(43(30)60,51(32,34)67-41)19-15-27(5)44(61)52-20-21-57/h12-13,15-16,18,24,30-32,34,36-38,42,45,57-59H,11,14,17,19-23H2,1-10H3,(H,52,61)/t30?,31-,32?,34?,36?,37-,38-,42-,45+,49?,50?,51?/m0/s1. The van der Waals surface area contributed by atoms with Crippen LogP contribution < -0.4 is 19.5 Å². The lowest BCUT2D eigenvalue weighted by Crippen LogP contribution is -2.79. The van der Waals surface area contributed by atoms with Gasteiger partial charge in [0.25, 0.3) is 0 Å². The smallest absolute Gasteiger partial charge is 0.248 e. The molecule has 1 aromatic carbocycles. The number of benzene rings is 1. The second-order valence-electron chi connectivity index (χ2n) is 21.5. The molecule has 11 rings (SSSR count). The van der Waals surface area contributed by atoms with Crippen molar-refractivity contribution in [2.24, 2.45) is 22.7 Å². The zero-order valence-corrected chi connectivity index (χ0v) is 40.6. The van der Waals surface area contributed by atoms with Crippen LogP contribution in [0.3, 0.4) is 0 Å². The monoisotopic (exact) mass is 939 g/mol. The lowest BCUT2D eigenvalue weighted by atomic mass is 9.44. The zero-order chi connectivity index (χ0) is 48.5. The highest BCUT2D eigenvalue weighted by Gasteiger charge is 2.86. The number of rotatable bonds is 12. The molecule has 6 fully saturated rings. The highest BCUT2D eigenvalue weighted by molar-refractivity contribution is 6.14. The van der Waals surface area contributed by atoms with Crippen LogP contribution in [0.15, 0.2) is 52.3 Å². The van der Waals surface area contributed by atoms with E-state index in [1.807, 2.05) is 46.8 Å². The zero-order valence-electron chi connectivity index (χ0n) is 40.6. The van der Waals surface area contributed by atoms with Gasteiger partial charge >= 0.3 is 0 Å². The van der Waals surface area contributed by atoms with Crippen LogP contribution in [-0.2, 0) is 35.0 Å². The van der Waals surface area contributed by atoms with Gasteiger partial charge in [0.05, 0.1) is 47.6 Å². The van der Waals surface area contributed by atoms with Gasteiger partial charge in [0.1, 0.15) is 53.6 Å². The molecule has 4 bridgehead atoms. The second kappa shape index (κ2) is 16.4. The number of amides is 1. The van der Waals surface area contributed by atoms with E-state index in [0.717, 1.165) is 12.0 Å². The van der Waals surface area contributed by atoms with Crippen molar-refractivity contribution in [1.29, 1.82) is 0 Å². The summed E-state index contributed by atoms with van der Waals surface area (Å²) in [6.45, 7) is 19.3. The summed E-state index contributed by atoms with van der Waals surface area (Å²) in [6, 6.07) is -0.588. The van der Waals surface area contributed by atoms with E-state index >= 15 is 4.79 Å². The Morgan fingerprint density at radius 2 is 1.78 bits per heavy atom. The van der Waals surface area contributed by atoms with Crippen molar-refractivity contribution in [3.8, 4) is 17.2 Å². The predicted octanol–water partition coefficient (Wildman–Crippen LogP) is 5.31. The maximum Gasteiger partial charge on any atom is 0.248 e. The third-order valence-electron chi connectivity index (χ3n) is 15.4. The van der Waals surface area contributed by atoms with Crippen LogP contribution in [0.5, 0.6) is 17.2 Å². The molecular weight excluding hydrogens is 875 g/mol. The maximum atomic E-state index is 15.7. The summed E-state index contributed by atoms with van der Waals surface area (Å²) >= 11 is 0. The number of carbonyl (C=O) groups is 2. The average molecular weight is 940 g/mol. The topological polar surface area (TPSA) is 215 Å². The van der Waals surface area contributed by atoms with E-state index < -0.39 is 76.8 Å². The third kappa shape index (κ3) is 7.08. The summed E-state index contributed by atoms with van der Waals surface area (Å²) < 4.78 is 49.7. The minimum Gasteiger partial charge on any atom is -0.482 e. The molecule has 3 aliphatic carbocycles. The molecule has 17 heteroatoms. The van der Waals surface area contributed by atoms with Gasteiger partial charge < -0.3 is 53.8 Å². The van der Waals surface area contributed by atoms with E-state index in [1.165, 1.54) is 11.9 Å². The molecular formula is C51H65N5O12. The molecule has 12 atom stereocenters. The van der Waals surface area contributed by atoms with Crippen molar-refractivity contribution in [2.75, 3.05) is 19.8 Å². The lowest BCUT2D eigenvalue weighted by molar-refractivity contribution is -0.373. The van der Waals surface area contributed by atoms with Crippen molar-refractivity contribution in [3.63, 3.8) is 0 Å². The molecule has 4 N–H and O–H groups in total. The van der Waals surface area contributed by atoms with E-state index in [1.54, 1.807) is 31.5 Å². The van der Waals surface area contributed by atoms with Gasteiger partial charge in [-0.15, -0.1) is 0 Å². The largest absolute Gasteiger partial charge is 0.482 e. The highest BCUT2D eigenvalue weighted by atomic mass is 16.8. The van der Waals surface area contributed by atoms with Gasteiger partial charge in [-0.05, 0) is 107 Å². The van der Waals surface area contributed by atoms with E-state index in [0.29, 0.717) is 64.7 Å². The molecule has 366 valence electrons. The molecule has 1 spiro atoms. The van der Waals surface area contributed by atoms with E-state index in [-0.39, 0.29) is 49.5 Å². The van der Waals surface area contributed by atoms with Crippen LogP contribution in [-0.4, -0.2) is 126 Å².